The van der Waals surface area contributed by atoms with Gasteiger partial charge in [0.25, 0.3) is 0 Å². The van der Waals surface area contributed by atoms with E-state index in [1.54, 1.807) is 0 Å². The molecule has 59 valence electrons. The molecule has 0 aromatic rings. The minimum absolute atomic E-state index is 0. The number of nitrogens with zero attached hydrogens (tertiary/aromatic N) is 1. The minimum atomic E-state index is 0. The molecule has 0 spiro atoms. The fourth-order valence-corrected chi connectivity index (χ4v) is 1.12. The maximum atomic E-state index is 4.35. The first-order chi connectivity index (χ1) is 3.89. The third-order valence-electron chi connectivity index (χ3n) is 1.70. The zero-order chi connectivity index (χ0) is 5.82. The van der Waals surface area contributed by atoms with E-state index in [2.05, 4.69) is 12.2 Å². The van der Waals surface area contributed by atoms with Gasteiger partial charge < -0.3 is 12.7 Å². The SMILES string of the molecule is CC1CCCC[N-]C1.[CH3-].[Y]. The summed E-state index contributed by atoms with van der Waals surface area (Å²) in [5.41, 5.74) is 0. The van der Waals surface area contributed by atoms with Crippen molar-refractivity contribution in [3.8, 4) is 0 Å². The van der Waals surface area contributed by atoms with Crippen LogP contribution < -0.4 is 0 Å². The van der Waals surface area contributed by atoms with Gasteiger partial charge in [0.15, 0.2) is 0 Å². The van der Waals surface area contributed by atoms with Crippen LogP contribution in [0.5, 0.6) is 0 Å². The molecule has 1 aliphatic heterocycles. The molecule has 0 bridgehead atoms. The van der Waals surface area contributed by atoms with E-state index in [1.165, 1.54) is 19.3 Å². The number of hydrogen-bond acceptors (Lipinski definition) is 0. The van der Waals surface area contributed by atoms with Crippen molar-refractivity contribution in [3.63, 3.8) is 0 Å². The van der Waals surface area contributed by atoms with Crippen molar-refractivity contribution in [1.82, 2.24) is 0 Å². The molecule has 0 aromatic heterocycles. The molecule has 1 rings (SSSR count). The number of hydrogen-bond donors (Lipinski definition) is 0. The van der Waals surface area contributed by atoms with Crippen LogP contribution in [0.15, 0.2) is 0 Å². The monoisotopic (exact) mass is 216 g/mol. The third kappa shape index (κ3) is 5.82. The molecule has 1 unspecified atom stereocenters. The van der Waals surface area contributed by atoms with Gasteiger partial charge in [-0.05, 0) is 0 Å². The largest absolute Gasteiger partial charge is 0.662 e. The van der Waals surface area contributed by atoms with Crippen molar-refractivity contribution >= 4 is 0 Å². The van der Waals surface area contributed by atoms with Crippen LogP contribution in [-0.4, -0.2) is 13.1 Å². The zero-order valence-electron chi connectivity index (χ0n) is 7.14. The van der Waals surface area contributed by atoms with Crippen molar-refractivity contribution < 1.29 is 32.7 Å². The standard InChI is InChI=1S/C7H14N.CH3.Y/c1-7-4-2-3-5-8-6-7;;/h7H,2-6H2,1H3;1H3;/q2*-1;. The number of rotatable bonds is 0. The molecule has 0 saturated carbocycles. The molecule has 1 heterocycles. The van der Waals surface area contributed by atoms with Crippen LogP contribution in [0, 0.1) is 13.3 Å². The summed E-state index contributed by atoms with van der Waals surface area (Å²) in [6.45, 7) is 4.51. The van der Waals surface area contributed by atoms with Crippen LogP contribution in [0.25, 0.3) is 5.32 Å². The summed E-state index contributed by atoms with van der Waals surface area (Å²) in [5, 5.41) is 4.35. The van der Waals surface area contributed by atoms with E-state index < -0.39 is 0 Å². The first-order valence-electron chi connectivity index (χ1n) is 3.53. The van der Waals surface area contributed by atoms with Crippen LogP contribution in [0.3, 0.4) is 0 Å². The average Bonchev–Trinajstić information content (AvgIpc) is 1.94. The van der Waals surface area contributed by atoms with Gasteiger partial charge in [0.1, 0.15) is 0 Å². The van der Waals surface area contributed by atoms with Crippen LogP contribution in [0.1, 0.15) is 26.2 Å². The average molecular weight is 216 g/mol. The maximum absolute atomic E-state index is 4.35. The predicted octanol–water partition coefficient (Wildman–Crippen LogP) is 2.63. The van der Waals surface area contributed by atoms with Crippen molar-refractivity contribution in [2.24, 2.45) is 5.92 Å². The summed E-state index contributed by atoms with van der Waals surface area (Å²) in [5.74, 6) is 0.859. The smallest absolute Gasteiger partial charge is 0 e. The third-order valence-corrected chi connectivity index (χ3v) is 1.70. The Kier molecular flexibility index (Phi) is 11.1. The van der Waals surface area contributed by atoms with Crippen molar-refractivity contribution in [2.75, 3.05) is 13.1 Å². The first kappa shape index (κ1) is 13.6. The van der Waals surface area contributed by atoms with Gasteiger partial charge in [-0.25, -0.2) is 0 Å². The second kappa shape index (κ2) is 8.16. The summed E-state index contributed by atoms with van der Waals surface area (Å²) < 4.78 is 0. The van der Waals surface area contributed by atoms with E-state index in [-0.39, 0.29) is 40.1 Å². The Morgan fingerprint density at radius 1 is 1.30 bits per heavy atom. The second-order valence-corrected chi connectivity index (χ2v) is 2.73. The summed E-state index contributed by atoms with van der Waals surface area (Å²) in [6.07, 6.45) is 4.11. The maximum Gasteiger partial charge on any atom is 0 e. The Hall–Kier alpha value is 1.06. The fourth-order valence-electron chi connectivity index (χ4n) is 1.12. The van der Waals surface area contributed by atoms with Crippen molar-refractivity contribution in [2.45, 2.75) is 26.2 Å². The van der Waals surface area contributed by atoms with Gasteiger partial charge in [0, 0.05) is 32.7 Å². The molecule has 0 aromatic carbocycles. The van der Waals surface area contributed by atoms with E-state index in [4.69, 9.17) is 0 Å². The van der Waals surface area contributed by atoms with Gasteiger partial charge in [0.2, 0.25) is 0 Å². The van der Waals surface area contributed by atoms with Crippen LogP contribution in [-0.2, 0) is 32.7 Å². The molecule has 10 heavy (non-hydrogen) atoms. The first-order valence-corrected chi connectivity index (χ1v) is 3.53. The van der Waals surface area contributed by atoms with E-state index in [0.29, 0.717) is 0 Å². The molecule has 1 saturated heterocycles. The fraction of sp³-hybridized carbons (Fsp3) is 0.875. The van der Waals surface area contributed by atoms with Crippen LogP contribution in [0.2, 0.25) is 0 Å². The Balaban J connectivity index is 0. The molecule has 0 aliphatic carbocycles. The summed E-state index contributed by atoms with van der Waals surface area (Å²) >= 11 is 0. The Morgan fingerprint density at radius 2 is 2.00 bits per heavy atom. The molecule has 1 fully saturated rings. The summed E-state index contributed by atoms with van der Waals surface area (Å²) in [4.78, 5) is 0. The normalized spacial score (nSPS) is 25.5. The topological polar surface area (TPSA) is 14.1 Å². The van der Waals surface area contributed by atoms with Crippen molar-refractivity contribution in [3.05, 3.63) is 12.7 Å². The summed E-state index contributed by atoms with van der Waals surface area (Å²) in [6, 6.07) is 0. The predicted molar refractivity (Wildman–Crippen MR) is 42.5 cm³/mol. The Morgan fingerprint density at radius 3 is 2.70 bits per heavy atom. The zero-order valence-corrected chi connectivity index (χ0v) is 9.98. The van der Waals surface area contributed by atoms with E-state index in [9.17, 15) is 0 Å². The molecule has 2 heteroatoms. The van der Waals surface area contributed by atoms with Gasteiger partial charge >= 0.3 is 0 Å². The van der Waals surface area contributed by atoms with E-state index >= 15 is 0 Å². The van der Waals surface area contributed by atoms with Gasteiger partial charge in [0.05, 0.1) is 0 Å². The van der Waals surface area contributed by atoms with Crippen LogP contribution >= 0.6 is 0 Å². The quantitative estimate of drug-likeness (QED) is 0.552. The molecule has 1 nitrogen and oxygen atoms in total. The Bertz CT molecular complexity index is 58.3. The van der Waals surface area contributed by atoms with E-state index in [0.717, 1.165) is 19.0 Å². The molecular weight excluding hydrogens is 199 g/mol. The van der Waals surface area contributed by atoms with Gasteiger partial charge in [-0.3, -0.25) is 0 Å². The molecular formula is C8H17NY-2. The van der Waals surface area contributed by atoms with E-state index in [1.807, 2.05) is 0 Å². The molecule has 1 radical (unpaired) electrons. The van der Waals surface area contributed by atoms with Crippen molar-refractivity contribution in [1.29, 1.82) is 0 Å². The van der Waals surface area contributed by atoms with Crippen LogP contribution in [0.4, 0.5) is 0 Å². The minimum Gasteiger partial charge on any atom is -0.662 e. The molecule has 1 atom stereocenters. The molecule has 0 amide bonds. The van der Waals surface area contributed by atoms with Gasteiger partial charge in [-0.1, -0.05) is 32.1 Å². The Labute approximate surface area is 90.2 Å². The van der Waals surface area contributed by atoms with Gasteiger partial charge in [-0.2, -0.15) is 0 Å². The summed E-state index contributed by atoms with van der Waals surface area (Å²) in [7, 11) is 0. The second-order valence-electron chi connectivity index (χ2n) is 2.73. The molecule has 1 aliphatic rings. The van der Waals surface area contributed by atoms with Gasteiger partial charge in [-0.15, -0.1) is 13.1 Å². The molecule has 0 N–H and O–H groups in total.